The summed E-state index contributed by atoms with van der Waals surface area (Å²) in [6, 6.07) is 5.15. The van der Waals surface area contributed by atoms with Crippen molar-refractivity contribution >= 4 is 23.3 Å². The summed E-state index contributed by atoms with van der Waals surface area (Å²) in [4.78, 5) is 23.3. The summed E-state index contributed by atoms with van der Waals surface area (Å²) < 4.78 is 5.25. The van der Waals surface area contributed by atoms with Gasteiger partial charge in [-0.2, -0.15) is 0 Å². The third kappa shape index (κ3) is 4.87. The van der Waals surface area contributed by atoms with Crippen LogP contribution < -0.4 is 20.7 Å². The highest BCUT2D eigenvalue weighted by Crippen LogP contribution is 2.28. The average molecular weight is 319 g/mol. The van der Waals surface area contributed by atoms with Crippen LogP contribution in [-0.4, -0.2) is 25.1 Å². The number of methoxy groups -OCH3 is 1. The lowest BCUT2D eigenvalue weighted by atomic mass is 9.86. The first-order valence-corrected chi connectivity index (χ1v) is 8.02. The second-order valence-electron chi connectivity index (χ2n) is 6.06. The van der Waals surface area contributed by atoms with E-state index in [4.69, 9.17) is 4.74 Å². The van der Waals surface area contributed by atoms with Gasteiger partial charge in [-0.1, -0.05) is 19.8 Å². The molecule has 1 fully saturated rings. The van der Waals surface area contributed by atoms with Crippen molar-refractivity contribution in [2.24, 2.45) is 5.92 Å². The van der Waals surface area contributed by atoms with Crippen LogP contribution in [0.15, 0.2) is 18.2 Å². The normalized spacial score (nSPS) is 20.5. The number of carbonyl (C=O) groups is 2. The number of benzene rings is 1. The third-order valence-electron chi connectivity index (χ3n) is 4.20. The molecule has 23 heavy (non-hydrogen) atoms. The highest BCUT2D eigenvalue weighted by molar-refractivity contribution is 5.93. The topological polar surface area (TPSA) is 79.5 Å². The molecule has 0 aromatic heterocycles. The smallest absolute Gasteiger partial charge is 0.319 e. The van der Waals surface area contributed by atoms with E-state index in [1.54, 1.807) is 18.2 Å². The van der Waals surface area contributed by atoms with E-state index in [1.165, 1.54) is 20.5 Å². The van der Waals surface area contributed by atoms with Gasteiger partial charge in [0.1, 0.15) is 5.75 Å². The zero-order chi connectivity index (χ0) is 16.8. The van der Waals surface area contributed by atoms with E-state index >= 15 is 0 Å². The van der Waals surface area contributed by atoms with Crippen molar-refractivity contribution in [3.63, 3.8) is 0 Å². The van der Waals surface area contributed by atoms with E-state index in [-0.39, 0.29) is 18.0 Å². The van der Waals surface area contributed by atoms with Crippen LogP contribution in [0.3, 0.4) is 0 Å². The number of ether oxygens (including phenoxy) is 1. The lowest BCUT2D eigenvalue weighted by Gasteiger charge is -2.29. The fourth-order valence-electron chi connectivity index (χ4n) is 2.93. The third-order valence-corrected chi connectivity index (χ3v) is 4.20. The molecule has 1 aromatic carbocycles. The number of anilines is 2. The van der Waals surface area contributed by atoms with Gasteiger partial charge in [0.25, 0.3) is 0 Å². The molecule has 1 aliphatic carbocycles. The van der Waals surface area contributed by atoms with Crippen molar-refractivity contribution in [3.8, 4) is 5.75 Å². The summed E-state index contributed by atoms with van der Waals surface area (Å²) in [5, 5.41) is 8.55. The first kappa shape index (κ1) is 17.1. The van der Waals surface area contributed by atoms with Crippen LogP contribution in [0.5, 0.6) is 5.75 Å². The molecule has 126 valence electrons. The maximum atomic E-state index is 12.2. The monoisotopic (exact) mass is 319 g/mol. The number of urea groups is 1. The number of rotatable bonds is 4. The largest absolute Gasteiger partial charge is 0.494 e. The predicted molar refractivity (Wildman–Crippen MR) is 90.9 cm³/mol. The van der Waals surface area contributed by atoms with Crippen LogP contribution >= 0.6 is 0 Å². The van der Waals surface area contributed by atoms with Crippen molar-refractivity contribution < 1.29 is 14.3 Å². The van der Waals surface area contributed by atoms with Crippen molar-refractivity contribution in [2.45, 2.75) is 45.6 Å². The molecule has 0 heterocycles. The highest BCUT2D eigenvalue weighted by atomic mass is 16.5. The minimum atomic E-state index is -0.210. The summed E-state index contributed by atoms with van der Waals surface area (Å²) in [7, 11) is 1.52. The first-order valence-electron chi connectivity index (χ1n) is 8.02. The molecule has 6 nitrogen and oxygen atoms in total. The summed E-state index contributed by atoms with van der Waals surface area (Å²) in [6.07, 6.45) is 4.58. The van der Waals surface area contributed by atoms with E-state index in [0.717, 1.165) is 19.3 Å². The van der Waals surface area contributed by atoms with Gasteiger partial charge in [-0.15, -0.1) is 0 Å². The van der Waals surface area contributed by atoms with E-state index in [0.29, 0.717) is 23.0 Å². The molecule has 3 amide bonds. The Morgan fingerprint density at radius 2 is 1.91 bits per heavy atom. The number of amides is 3. The Bertz CT molecular complexity index is 574. The molecule has 0 radical (unpaired) electrons. The fraction of sp³-hybridized carbons (Fsp3) is 0.529. The molecule has 2 unspecified atom stereocenters. The van der Waals surface area contributed by atoms with Gasteiger partial charge in [0, 0.05) is 24.7 Å². The number of nitrogens with one attached hydrogen (secondary N) is 3. The molecule has 0 saturated heterocycles. The molecule has 6 heteroatoms. The van der Waals surface area contributed by atoms with Gasteiger partial charge in [-0.05, 0) is 30.9 Å². The van der Waals surface area contributed by atoms with Crippen LogP contribution in [0.2, 0.25) is 0 Å². The Balaban J connectivity index is 1.98. The van der Waals surface area contributed by atoms with Crippen molar-refractivity contribution in [2.75, 3.05) is 17.7 Å². The SMILES string of the molecule is COc1cc(NC(=O)NC2CCCCC2C)ccc1NC(C)=O. The molecule has 1 aromatic rings. The van der Waals surface area contributed by atoms with Crippen molar-refractivity contribution in [1.29, 1.82) is 0 Å². The maximum absolute atomic E-state index is 12.2. The molecule has 2 atom stereocenters. The molecule has 1 saturated carbocycles. The van der Waals surface area contributed by atoms with Gasteiger partial charge < -0.3 is 20.7 Å². The van der Waals surface area contributed by atoms with Gasteiger partial charge >= 0.3 is 6.03 Å². The summed E-state index contributed by atoms with van der Waals surface area (Å²) in [5.41, 5.74) is 1.20. The van der Waals surface area contributed by atoms with Crippen molar-refractivity contribution in [3.05, 3.63) is 18.2 Å². The van der Waals surface area contributed by atoms with Gasteiger partial charge in [-0.25, -0.2) is 4.79 Å². The van der Waals surface area contributed by atoms with Crippen LogP contribution in [-0.2, 0) is 4.79 Å². The van der Waals surface area contributed by atoms with Crippen LogP contribution in [0.25, 0.3) is 0 Å². The predicted octanol–water partition coefficient (Wildman–Crippen LogP) is 3.35. The average Bonchev–Trinajstić information content (AvgIpc) is 2.50. The Hall–Kier alpha value is -2.24. The Morgan fingerprint density at radius 3 is 2.57 bits per heavy atom. The summed E-state index contributed by atoms with van der Waals surface area (Å²) >= 11 is 0. The van der Waals surface area contributed by atoms with Gasteiger partial charge in [-0.3, -0.25) is 4.79 Å². The quantitative estimate of drug-likeness (QED) is 0.796. The number of hydrogen-bond donors (Lipinski definition) is 3. The van der Waals surface area contributed by atoms with Gasteiger partial charge in [0.15, 0.2) is 0 Å². The second kappa shape index (κ2) is 7.85. The molecule has 1 aliphatic rings. The Morgan fingerprint density at radius 1 is 1.17 bits per heavy atom. The van der Waals surface area contributed by atoms with Crippen LogP contribution in [0.1, 0.15) is 39.5 Å². The van der Waals surface area contributed by atoms with Gasteiger partial charge in [0.2, 0.25) is 5.91 Å². The first-order chi connectivity index (χ1) is 11.0. The summed E-state index contributed by atoms with van der Waals surface area (Å²) in [6.45, 7) is 3.61. The second-order valence-corrected chi connectivity index (χ2v) is 6.06. The molecule has 2 rings (SSSR count). The molecule has 0 aliphatic heterocycles. The molecular weight excluding hydrogens is 294 g/mol. The zero-order valence-electron chi connectivity index (χ0n) is 13.9. The van der Waals surface area contributed by atoms with Crippen LogP contribution in [0.4, 0.5) is 16.2 Å². The Kier molecular flexibility index (Phi) is 5.84. The van der Waals surface area contributed by atoms with E-state index in [1.807, 2.05) is 0 Å². The van der Waals surface area contributed by atoms with E-state index < -0.39 is 0 Å². The molecule has 3 N–H and O–H groups in total. The van der Waals surface area contributed by atoms with Crippen molar-refractivity contribution in [1.82, 2.24) is 5.32 Å². The minimum Gasteiger partial charge on any atom is -0.494 e. The van der Waals surface area contributed by atoms with Crippen LogP contribution in [0, 0.1) is 5.92 Å². The Labute approximate surface area is 137 Å². The van der Waals surface area contributed by atoms with E-state index in [2.05, 4.69) is 22.9 Å². The highest BCUT2D eigenvalue weighted by Gasteiger charge is 2.22. The zero-order valence-corrected chi connectivity index (χ0v) is 13.9. The molecule has 0 spiro atoms. The lowest BCUT2D eigenvalue weighted by molar-refractivity contribution is -0.114. The lowest BCUT2D eigenvalue weighted by Crippen LogP contribution is -2.43. The number of hydrogen-bond acceptors (Lipinski definition) is 3. The number of carbonyl (C=O) groups excluding carboxylic acids is 2. The molecular formula is C17H25N3O3. The standard InChI is InChI=1S/C17H25N3O3/c1-11-6-4-5-7-14(11)20-17(22)19-13-8-9-15(18-12(2)21)16(10-13)23-3/h8-11,14H,4-7H2,1-3H3,(H,18,21)(H2,19,20,22). The fourth-order valence-corrected chi connectivity index (χ4v) is 2.93. The summed E-state index contributed by atoms with van der Waals surface area (Å²) in [5.74, 6) is 0.836. The minimum absolute atomic E-state index is 0.173. The molecule has 0 bridgehead atoms. The van der Waals surface area contributed by atoms with E-state index in [9.17, 15) is 9.59 Å². The maximum Gasteiger partial charge on any atom is 0.319 e. The van der Waals surface area contributed by atoms with Gasteiger partial charge in [0.05, 0.1) is 12.8 Å².